The van der Waals surface area contributed by atoms with Gasteiger partial charge in [0.15, 0.2) is 0 Å². The molecule has 0 radical (unpaired) electrons. The van der Waals surface area contributed by atoms with E-state index in [0.717, 1.165) is 18.2 Å². The van der Waals surface area contributed by atoms with E-state index >= 15 is 0 Å². The fourth-order valence-electron chi connectivity index (χ4n) is 1.96. The molecule has 76 valence electrons. The van der Waals surface area contributed by atoms with Crippen molar-refractivity contribution in [1.82, 2.24) is 4.98 Å². The van der Waals surface area contributed by atoms with Crippen LogP contribution < -0.4 is 5.32 Å². The molecule has 0 atom stereocenters. The maximum atomic E-state index is 5.70. The van der Waals surface area contributed by atoms with Crippen molar-refractivity contribution in [2.75, 3.05) is 11.9 Å². The van der Waals surface area contributed by atoms with Crippen LogP contribution in [0, 0.1) is 5.92 Å². The Morgan fingerprint density at radius 1 is 1.36 bits per heavy atom. The van der Waals surface area contributed by atoms with Crippen molar-refractivity contribution in [2.24, 2.45) is 5.92 Å². The summed E-state index contributed by atoms with van der Waals surface area (Å²) >= 11 is 5.70. The zero-order valence-corrected chi connectivity index (χ0v) is 8.93. The molecule has 1 fully saturated rings. The summed E-state index contributed by atoms with van der Waals surface area (Å²) in [7, 11) is 0. The first kappa shape index (κ1) is 9.78. The van der Waals surface area contributed by atoms with Crippen LogP contribution in [0.5, 0.6) is 0 Å². The van der Waals surface area contributed by atoms with Gasteiger partial charge in [-0.15, -0.1) is 0 Å². The first-order valence-corrected chi connectivity index (χ1v) is 5.58. The summed E-state index contributed by atoms with van der Waals surface area (Å²) in [5, 5.41) is 3.94. The van der Waals surface area contributed by atoms with E-state index in [9.17, 15) is 0 Å². The molecule has 0 bridgehead atoms. The molecule has 0 unspecified atom stereocenters. The second-order valence-electron chi connectivity index (χ2n) is 3.90. The van der Waals surface area contributed by atoms with Gasteiger partial charge in [-0.1, -0.05) is 24.4 Å². The number of halogens is 1. The molecule has 2 nitrogen and oxygen atoms in total. The molecule has 0 amide bonds. The molecule has 3 heteroatoms. The zero-order chi connectivity index (χ0) is 9.80. The van der Waals surface area contributed by atoms with E-state index in [4.69, 9.17) is 11.6 Å². The summed E-state index contributed by atoms with van der Waals surface area (Å²) in [4.78, 5) is 4.03. The summed E-state index contributed by atoms with van der Waals surface area (Å²) in [6.45, 7) is 1.07. The van der Waals surface area contributed by atoms with Crippen LogP contribution in [0.15, 0.2) is 18.3 Å². The second-order valence-corrected chi connectivity index (χ2v) is 4.29. The fourth-order valence-corrected chi connectivity index (χ4v) is 2.07. The number of aromatic nitrogens is 1. The molecule has 2 rings (SSSR count). The monoisotopic (exact) mass is 210 g/mol. The molecule has 14 heavy (non-hydrogen) atoms. The van der Waals surface area contributed by atoms with Crippen molar-refractivity contribution >= 4 is 17.3 Å². The average Bonchev–Trinajstić information content (AvgIpc) is 2.70. The highest BCUT2D eigenvalue weighted by atomic mass is 35.5. The minimum Gasteiger partial charge on any atom is -0.384 e. The number of anilines is 1. The molecule has 1 aromatic rings. The van der Waals surface area contributed by atoms with E-state index < -0.39 is 0 Å². The minimum atomic E-state index is 0.552. The normalized spacial score (nSPS) is 17.2. The lowest BCUT2D eigenvalue weighted by molar-refractivity contribution is 0.580. The minimum absolute atomic E-state index is 0.552. The van der Waals surface area contributed by atoms with Gasteiger partial charge in [-0.2, -0.15) is 0 Å². The van der Waals surface area contributed by atoms with Crippen molar-refractivity contribution in [2.45, 2.75) is 25.7 Å². The molecular weight excluding hydrogens is 196 g/mol. The van der Waals surface area contributed by atoms with Gasteiger partial charge in [0.05, 0.1) is 11.9 Å². The standard InChI is InChI=1S/C11H15ClN2/c12-11-6-5-10(8-14-11)13-7-9-3-1-2-4-9/h5-6,8-9,13H,1-4,7H2. The maximum Gasteiger partial charge on any atom is 0.129 e. The van der Waals surface area contributed by atoms with E-state index in [0.29, 0.717) is 5.15 Å². The average molecular weight is 211 g/mol. The second kappa shape index (κ2) is 4.65. The summed E-state index contributed by atoms with van der Waals surface area (Å²) in [6, 6.07) is 3.79. The number of nitrogens with zero attached hydrogens (tertiary/aromatic N) is 1. The molecular formula is C11H15ClN2. The summed E-state index contributed by atoms with van der Waals surface area (Å²) < 4.78 is 0. The Bertz CT molecular complexity index is 278. The Kier molecular flexibility index (Phi) is 3.25. The van der Waals surface area contributed by atoms with Gasteiger partial charge in [-0.3, -0.25) is 0 Å². The third-order valence-corrected chi connectivity index (χ3v) is 3.02. The number of pyridine rings is 1. The highest BCUT2D eigenvalue weighted by Crippen LogP contribution is 2.24. The Morgan fingerprint density at radius 2 is 2.14 bits per heavy atom. The summed E-state index contributed by atoms with van der Waals surface area (Å²) in [5.41, 5.74) is 1.07. The smallest absolute Gasteiger partial charge is 0.129 e. The number of nitrogens with one attached hydrogen (secondary N) is 1. The van der Waals surface area contributed by atoms with E-state index in [-0.39, 0.29) is 0 Å². The quantitative estimate of drug-likeness (QED) is 0.775. The van der Waals surface area contributed by atoms with Crippen LogP contribution in [-0.2, 0) is 0 Å². The first-order chi connectivity index (χ1) is 6.84. The Morgan fingerprint density at radius 3 is 2.79 bits per heavy atom. The predicted molar refractivity (Wildman–Crippen MR) is 59.7 cm³/mol. The van der Waals surface area contributed by atoms with Gasteiger partial charge < -0.3 is 5.32 Å². The van der Waals surface area contributed by atoms with Crippen LogP contribution in [-0.4, -0.2) is 11.5 Å². The molecule has 1 aromatic heterocycles. The Balaban J connectivity index is 1.82. The van der Waals surface area contributed by atoms with Crippen molar-refractivity contribution < 1.29 is 0 Å². The largest absolute Gasteiger partial charge is 0.384 e. The van der Waals surface area contributed by atoms with Crippen LogP contribution in [0.3, 0.4) is 0 Å². The van der Waals surface area contributed by atoms with E-state index in [1.165, 1.54) is 25.7 Å². The maximum absolute atomic E-state index is 5.70. The lowest BCUT2D eigenvalue weighted by Gasteiger charge is -2.11. The van der Waals surface area contributed by atoms with Gasteiger partial charge in [-0.25, -0.2) is 4.98 Å². The molecule has 0 aliphatic heterocycles. The molecule has 0 spiro atoms. The fraction of sp³-hybridized carbons (Fsp3) is 0.545. The van der Waals surface area contributed by atoms with Crippen LogP contribution in [0.2, 0.25) is 5.15 Å². The van der Waals surface area contributed by atoms with E-state index in [1.807, 2.05) is 12.1 Å². The number of rotatable bonds is 3. The Labute approximate surface area is 89.7 Å². The zero-order valence-electron chi connectivity index (χ0n) is 8.17. The van der Waals surface area contributed by atoms with Crippen LogP contribution >= 0.6 is 11.6 Å². The summed E-state index contributed by atoms with van der Waals surface area (Å²) in [5.74, 6) is 0.852. The third kappa shape index (κ3) is 2.61. The molecule has 1 saturated carbocycles. The topological polar surface area (TPSA) is 24.9 Å². The molecule has 0 aromatic carbocycles. The van der Waals surface area contributed by atoms with E-state index in [1.54, 1.807) is 6.20 Å². The summed E-state index contributed by atoms with van der Waals surface area (Å²) in [6.07, 6.45) is 7.32. The third-order valence-electron chi connectivity index (χ3n) is 2.80. The molecule has 1 heterocycles. The van der Waals surface area contributed by atoms with E-state index in [2.05, 4.69) is 10.3 Å². The van der Waals surface area contributed by atoms with Gasteiger partial charge in [0.25, 0.3) is 0 Å². The molecule has 0 saturated heterocycles. The van der Waals surface area contributed by atoms with Gasteiger partial charge >= 0.3 is 0 Å². The lowest BCUT2D eigenvalue weighted by atomic mass is 10.1. The van der Waals surface area contributed by atoms with Crippen molar-refractivity contribution in [3.05, 3.63) is 23.5 Å². The highest BCUT2D eigenvalue weighted by Gasteiger charge is 2.14. The number of hydrogen-bond donors (Lipinski definition) is 1. The van der Waals surface area contributed by atoms with Gasteiger partial charge in [-0.05, 0) is 30.9 Å². The van der Waals surface area contributed by atoms with Gasteiger partial charge in [0.2, 0.25) is 0 Å². The SMILES string of the molecule is Clc1ccc(NCC2CCCC2)cn1. The molecule has 1 aliphatic carbocycles. The van der Waals surface area contributed by atoms with Crippen LogP contribution in [0.25, 0.3) is 0 Å². The molecule has 1 aliphatic rings. The highest BCUT2D eigenvalue weighted by molar-refractivity contribution is 6.29. The predicted octanol–water partition coefficient (Wildman–Crippen LogP) is 3.34. The lowest BCUT2D eigenvalue weighted by Crippen LogP contribution is -2.10. The van der Waals surface area contributed by atoms with Gasteiger partial charge in [0, 0.05) is 6.54 Å². The Hall–Kier alpha value is -0.760. The molecule has 1 N–H and O–H groups in total. The van der Waals surface area contributed by atoms with Crippen molar-refractivity contribution in [3.8, 4) is 0 Å². The van der Waals surface area contributed by atoms with Gasteiger partial charge in [0.1, 0.15) is 5.15 Å². The first-order valence-electron chi connectivity index (χ1n) is 5.20. The van der Waals surface area contributed by atoms with Crippen molar-refractivity contribution in [1.29, 1.82) is 0 Å². The number of hydrogen-bond acceptors (Lipinski definition) is 2. The van der Waals surface area contributed by atoms with Crippen LogP contribution in [0.4, 0.5) is 5.69 Å². The van der Waals surface area contributed by atoms with Crippen molar-refractivity contribution in [3.63, 3.8) is 0 Å². The van der Waals surface area contributed by atoms with Crippen LogP contribution in [0.1, 0.15) is 25.7 Å².